The van der Waals surface area contributed by atoms with Crippen molar-refractivity contribution in [2.24, 2.45) is 0 Å². The third kappa shape index (κ3) is 3.60. The van der Waals surface area contributed by atoms with Gasteiger partial charge in [0.05, 0.1) is 38.3 Å². The molecule has 6 heteroatoms. The van der Waals surface area contributed by atoms with Crippen LogP contribution < -0.4 is 4.74 Å². The number of amides is 1. The predicted molar refractivity (Wildman–Crippen MR) is 81.8 cm³/mol. The summed E-state index contributed by atoms with van der Waals surface area (Å²) < 4.78 is 15.7. The van der Waals surface area contributed by atoms with E-state index in [1.165, 1.54) is 13.3 Å². The van der Waals surface area contributed by atoms with Gasteiger partial charge >= 0.3 is 0 Å². The Morgan fingerprint density at radius 1 is 1.09 bits per heavy atom. The number of aromatic nitrogens is 1. The average Bonchev–Trinajstić information content (AvgIpc) is 3.27. The maximum absolute atomic E-state index is 12.8. The second kappa shape index (κ2) is 6.83. The number of carbonyl (C=O) groups is 1. The highest BCUT2D eigenvalue weighted by Gasteiger charge is 2.19. The molecule has 0 spiro atoms. The number of furan rings is 2. The summed E-state index contributed by atoms with van der Waals surface area (Å²) in [7, 11) is 1.53. The fourth-order valence-electron chi connectivity index (χ4n) is 2.19. The molecule has 6 nitrogen and oxygen atoms in total. The van der Waals surface area contributed by atoms with E-state index in [0.29, 0.717) is 36.1 Å². The van der Waals surface area contributed by atoms with E-state index in [-0.39, 0.29) is 5.91 Å². The molecule has 0 saturated heterocycles. The zero-order valence-electron chi connectivity index (χ0n) is 12.6. The van der Waals surface area contributed by atoms with Gasteiger partial charge in [-0.2, -0.15) is 0 Å². The zero-order chi connectivity index (χ0) is 16.1. The number of nitrogens with zero attached hydrogens (tertiary/aromatic N) is 2. The third-order valence-electron chi connectivity index (χ3n) is 3.33. The molecule has 0 N–H and O–H groups in total. The summed E-state index contributed by atoms with van der Waals surface area (Å²) in [6.45, 7) is 0.692. The Balaban J connectivity index is 1.81. The van der Waals surface area contributed by atoms with Crippen molar-refractivity contribution in [3.63, 3.8) is 0 Å². The monoisotopic (exact) mass is 312 g/mol. The molecule has 3 rings (SSSR count). The van der Waals surface area contributed by atoms with Gasteiger partial charge in [0.15, 0.2) is 0 Å². The van der Waals surface area contributed by atoms with Crippen molar-refractivity contribution in [3.05, 3.63) is 72.2 Å². The summed E-state index contributed by atoms with van der Waals surface area (Å²) in [5, 5.41) is 0. The predicted octanol–water partition coefficient (Wildman–Crippen LogP) is 3.12. The van der Waals surface area contributed by atoms with Crippen LogP contribution in [0.25, 0.3) is 0 Å². The average molecular weight is 312 g/mol. The first-order valence-electron chi connectivity index (χ1n) is 7.10. The van der Waals surface area contributed by atoms with E-state index in [0.717, 1.165) is 0 Å². The Hall–Kier alpha value is -3.02. The Labute approximate surface area is 133 Å². The van der Waals surface area contributed by atoms with Crippen molar-refractivity contribution in [1.82, 2.24) is 9.88 Å². The Morgan fingerprint density at radius 2 is 1.74 bits per heavy atom. The van der Waals surface area contributed by atoms with Crippen LogP contribution in [0.1, 0.15) is 21.9 Å². The number of pyridine rings is 1. The van der Waals surface area contributed by atoms with Crippen LogP contribution in [0.4, 0.5) is 0 Å². The summed E-state index contributed by atoms with van der Waals surface area (Å²) in [5.41, 5.74) is 0.476. The van der Waals surface area contributed by atoms with E-state index < -0.39 is 0 Å². The molecule has 3 heterocycles. The number of methoxy groups -OCH3 is 1. The first-order chi connectivity index (χ1) is 11.3. The molecule has 0 saturated carbocycles. The quantitative estimate of drug-likeness (QED) is 0.699. The van der Waals surface area contributed by atoms with Crippen molar-refractivity contribution in [3.8, 4) is 5.88 Å². The SMILES string of the molecule is COc1ccc(C(=O)N(Cc2ccco2)Cc2ccco2)cn1. The van der Waals surface area contributed by atoms with Gasteiger partial charge in [-0.05, 0) is 30.3 Å². The van der Waals surface area contributed by atoms with E-state index in [9.17, 15) is 4.79 Å². The largest absolute Gasteiger partial charge is 0.481 e. The van der Waals surface area contributed by atoms with Crippen LogP contribution in [0.2, 0.25) is 0 Å². The van der Waals surface area contributed by atoms with E-state index in [1.807, 2.05) is 12.1 Å². The van der Waals surface area contributed by atoms with Gasteiger partial charge in [-0.1, -0.05) is 0 Å². The van der Waals surface area contributed by atoms with E-state index in [2.05, 4.69) is 4.98 Å². The molecule has 0 fully saturated rings. The summed E-state index contributed by atoms with van der Waals surface area (Å²) in [4.78, 5) is 18.5. The second-order valence-electron chi connectivity index (χ2n) is 4.91. The molecule has 0 aliphatic carbocycles. The highest BCUT2D eigenvalue weighted by atomic mass is 16.5. The molecular formula is C17H16N2O4. The first-order valence-corrected chi connectivity index (χ1v) is 7.10. The van der Waals surface area contributed by atoms with Crippen molar-refractivity contribution < 1.29 is 18.4 Å². The van der Waals surface area contributed by atoms with Crippen molar-refractivity contribution in [2.45, 2.75) is 13.1 Å². The van der Waals surface area contributed by atoms with E-state index in [1.54, 1.807) is 41.7 Å². The van der Waals surface area contributed by atoms with Gasteiger partial charge in [0.2, 0.25) is 5.88 Å². The van der Waals surface area contributed by atoms with Gasteiger partial charge < -0.3 is 18.5 Å². The topological polar surface area (TPSA) is 68.7 Å². The van der Waals surface area contributed by atoms with E-state index >= 15 is 0 Å². The molecule has 0 aliphatic heterocycles. The first kappa shape index (κ1) is 14.9. The van der Waals surface area contributed by atoms with Crippen molar-refractivity contribution in [1.29, 1.82) is 0 Å². The van der Waals surface area contributed by atoms with Gasteiger partial charge in [0, 0.05) is 12.3 Å². The fraction of sp³-hybridized carbons (Fsp3) is 0.176. The van der Waals surface area contributed by atoms with Crippen LogP contribution in [0.3, 0.4) is 0 Å². The lowest BCUT2D eigenvalue weighted by molar-refractivity contribution is 0.0704. The van der Waals surface area contributed by atoms with Crippen LogP contribution in [-0.2, 0) is 13.1 Å². The minimum absolute atomic E-state index is 0.159. The molecule has 0 unspecified atom stereocenters. The van der Waals surface area contributed by atoms with Crippen LogP contribution in [0, 0.1) is 0 Å². The number of ether oxygens (including phenoxy) is 1. The number of rotatable bonds is 6. The fourth-order valence-corrected chi connectivity index (χ4v) is 2.19. The van der Waals surface area contributed by atoms with Gasteiger partial charge in [0.25, 0.3) is 5.91 Å². The summed E-state index contributed by atoms with van der Waals surface area (Å²) in [6.07, 6.45) is 4.66. The molecule has 118 valence electrons. The molecule has 23 heavy (non-hydrogen) atoms. The maximum Gasteiger partial charge on any atom is 0.256 e. The van der Waals surface area contributed by atoms with Gasteiger partial charge in [-0.3, -0.25) is 4.79 Å². The van der Waals surface area contributed by atoms with Crippen molar-refractivity contribution in [2.75, 3.05) is 7.11 Å². The zero-order valence-corrected chi connectivity index (χ0v) is 12.6. The molecule has 1 amide bonds. The Bertz CT molecular complexity index is 697. The lowest BCUT2D eigenvalue weighted by atomic mass is 10.2. The van der Waals surface area contributed by atoms with E-state index in [4.69, 9.17) is 13.6 Å². The summed E-state index contributed by atoms with van der Waals surface area (Å²) >= 11 is 0. The van der Waals surface area contributed by atoms with Gasteiger partial charge in [-0.25, -0.2) is 4.98 Å². The van der Waals surface area contributed by atoms with Crippen molar-refractivity contribution >= 4 is 5.91 Å². The molecular weight excluding hydrogens is 296 g/mol. The lowest BCUT2D eigenvalue weighted by Gasteiger charge is -2.20. The van der Waals surface area contributed by atoms with Crippen LogP contribution in [0.5, 0.6) is 5.88 Å². The Morgan fingerprint density at radius 3 is 2.17 bits per heavy atom. The normalized spacial score (nSPS) is 10.5. The lowest BCUT2D eigenvalue weighted by Crippen LogP contribution is -2.30. The van der Waals surface area contributed by atoms with Crippen LogP contribution in [-0.4, -0.2) is 22.9 Å². The van der Waals surface area contributed by atoms with Crippen LogP contribution in [0.15, 0.2) is 64.0 Å². The second-order valence-corrected chi connectivity index (χ2v) is 4.91. The summed E-state index contributed by atoms with van der Waals surface area (Å²) in [6, 6.07) is 10.6. The molecule has 0 atom stereocenters. The van der Waals surface area contributed by atoms with Crippen LogP contribution >= 0.6 is 0 Å². The number of carbonyl (C=O) groups excluding carboxylic acids is 1. The highest BCUT2D eigenvalue weighted by Crippen LogP contribution is 2.16. The molecule has 0 aromatic carbocycles. The molecule has 0 radical (unpaired) electrons. The minimum atomic E-state index is -0.159. The number of hydrogen-bond donors (Lipinski definition) is 0. The maximum atomic E-state index is 12.8. The molecule has 3 aromatic heterocycles. The third-order valence-corrected chi connectivity index (χ3v) is 3.33. The standard InChI is InChI=1S/C17H16N2O4/c1-21-16-7-6-13(10-18-16)17(20)19(11-14-4-2-8-22-14)12-15-5-3-9-23-15/h2-10H,11-12H2,1H3. The minimum Gasteiger partial charge on any atom is -0.481 e. The van der Waals surface area contributed by atoms with Gasteiger partial charge in [0.1, 0.15) is 11.5 Å². The summed E-state index contributed by atoms with van der Waals surface area (Å²) in [5.74, 6) is 1.70. The smallest absolute Gasteiger partial charge is 0.256 e. The number of hydrogen-bond acceptors (Lipinski definition) is 5. The Kier molecular flexibility index (Phi) is 4.42. The molecule has 0 bridgehead atoms. The highest BCUT2D eigenvalue weighted by molar-refractivity contribution is 5.93. The molecule has 0 aliphatic rings. The van der Waals surface area contributed by atoms with Gasteiger partial charge in [-0.15, -0.1) is 0 Å². The molecule has 3 aromatic rings.